The summed E-state index contributed by atoms with van der Waals surface area (Å²) in [5, 5.41) is 17.1. The molecule has 0 saturated carbocycles. The summed E-state index contributed by atoms with van der Waals surface area (Å²) < 4.78 is 0. The minimum atomic E-state index is -0.829. The normalized spacial score (nSPS) is 12.7. The fourth-order valence-electron chi connectivity index (χ4n) is 3.86. The lowest BCUT2D eigenvalue weighted by Crippen LogP contribution is -2.47. The first-order valence-corrected chi connectivity index (χ1v) is 14.1. The molecule has 38 heavy (non-hydrogen) atoms. The van der Waals surface area contributed by atoms with Crippen molar-refractivity contribution in [2.45, 2.75) is 110 Å². The molecule has 0 spiro atoms. The van der Waals surface area contributed by atoms with Crippen LogP contribution in [-0.4, -0.2) is 53.8 Å². The minimum absolute atomic E-state index is 0.199. The van der Waals surface area contributed by atoms with Crippen molar-refractivity contribution >= 4 is 29.6 Å². The lowest BCUT2D eigenvalue weighted by atomic mass is 10.0. The molecule has 10 heteroatoms. The van der Waals surface area contributed by atoms with E-state index in [-0.39, 0.29) is 17.7 Å². The summed E-state index contributed by atoms with van der Waals surface area (Å²) in [4.78, 5) is 58.3. The summed E-state index contributed by atoms with van der Waals surface area (Å²) in [7, 11) is 0. The van der Waals surface area contributed by atoms with Crippen LogP contribution in [0.5, 0.6) is 0 Å². The maximum absolute atomic E-state index is 12.6. The second-order valence-corrected chi connectivity index (χ2v) is 10.4. The number of primary amides is 1. The first-order valence-electron chi connectivity index (χ1n) is 14.1. The van der Waals surface area contributed by atoms with Gasteiger partial charge in [-0.1, -0.05) is 65.7 Å². The summed E-state index contributed by atoms with van der Waals surface area (Å²) in [6.07, 6.45) is 13.3. The lowest BCUT2D eigenvalue weighted by molar-refractivity contribution is -0.141. The van der Waals surface area contributed by atoms with Crippen molar-refractivity contribution in [3.63, 3.8) is 0 Å². The predicted molar refractivity (Wildman–Crippen MR) is 148 cm³/mol. The Bertz CT molecular complexity index is 754. The molecule has 4 amide bonds. The van der Waals surface area contributed by atoms with Crippen LogP contribution in [0.2, 0.25) is 0 Å². The highest BCUT2D eigenvalue weighted by Gasteiger charge is 2.20. The SMILES string of the molecule is CC(C)CC(NC(=O)/C=C/C(=O)NCCCCC(C)C(=O)O)C(=O)NCCCCCCCCCCC(N)=O. The molecule has 10 nitrogen and oxygen atoms in total. The predicted octanol–water partition coefficient (Wildman–Crippen LogP) is 3.19. The van der Waals surface area contributed by atoms with Gasteiger partial charge in [0.2, 0.25) is 23.6 Å². The van der Waals surface area contributed by atoms with E-state index in [1.54, 1.807) is 6.92 Å². The molecular weight excluding hydrogens is 488 g/mol. The van der Waals surface area contributed by atoms with E-state index in [1.165, 1.54) is 0 Å². The Morgan fingerprint density at radius 1 is 0.737 bits per heavy atom. The van der Waals surface area contributed by atoms with Gasteiger partial charge in [-0.05, 0) is 38.0 Å². The molecule has 0 bridgehead atoms. The van der Waals surface area contributed by atoms with Crippen LogP contribution < -0.4 is 21.7 Å². The van der Waals surface area contributed by atoms with Gasteiger partial charge in [-0.2, -0.15) is 0 Å². The number of unbranched alkanes of at least 4 members (excludes halogenated alkanes) is 8. The standard InChI is InChI=1S/C28H50N4O6/c1-21(2)20-23(27(36)31-19-12-9-7-5-4-6-8-10-15-24(29)33)32-26(35)17-16-25(34)30-18-13-11-14-22(3)28(37)38/h16-17,21-23H,4-15,18-20H2,1-3H3,(H2,29,33)(H,30,34)(H,31,36)(H,32,35)(H,37,38)/b17-16+. The third-order valence-electron chi connectivity index (χ3n) is 6.16. The van der Waals surface area contributed by atoms with Gasteiger partial charge in [-0.25, -0.2) is 0 Å². The lowest BCUT2D eigenvalue weighted by Gasteiger charge is -2.19. The molecule has 0 aliphatic rings. The monoisotopic (exact) mass is 538 g/mol. The molecule has 0 heterocycles. The Morgan fingerprint density at radius 3 is 1.84 bits per heavy atom. The van der Waals surface area contributed by atoms with E-state index in [4.69, 9.17) is 10.8 Å². The third-order valence-corrected chi connectivity index (χ3v) is 6.16. The molecule has 0 radical (unpaired) electrons. The Labute approximate surface area is 227 Å². The highest BCUT2D eigenvalue weighted by molar-refractivity contribution is 5.98. The Kier molecular flexibility index (Phi) is 20.4. The number of nitrogens with two attached hydrogens (primary N) is 1. The number of hydrogen-bond acceptors (Lipinski definition) is 5. The molecule has 0 aromatic rings. The van der Waals surface area contributed by atoms with Crippen molar-refractivity contribution in [3.8, 4) is 0 Å². The van der Waals surface area contributed by atoms with E-state index < -0.39 is 29.7 Å². The summed E-state index contributed by atoms with van der Waals surface area (Å²) in [5.74, 6) is -2.43. The van der Waals surface area contributed by atoms with E-state index in [2.05, 4.69) is 16.0 Å². The Balaban J connectivity index is 4.18. The van der Waals surface area contributed by atoms with Crippen LogP contribution in [0.15, 0.2) is 12.2 Å². The Hall–Kier alpha value is -2.91. The average Bonchev–Trinajstić information content (AvgIpc) is 2.84. The first-order chi connectivity index (χ1) is 18.0. The van der Waals surface area contributed by atoms with E-state index >= 15 is 0 Å². The van der Waals surface area contributed by atoms with Gasteiger partial charge in [0.05, 0.1) is 5.92 Å². The number of carbonyl (C=O) groups excluding carboxylic acids is 4. The second kappa shape index (κ2) is 22.1. The largest absolute Gasteiger partial charge is 0.481 e. The second-order valence-electron chi connectivity index (χ2n) is 10.4. The summed E-state index contributed by atoms with van der Waals surface area (Å²) in [5.41, 5.74) is 5.13. The fraction of sp³-hybridized carbons (Fsp3) is 0.750. The quantitative estimate of drug-likeness (QED) is 0.0989. The van der Waals surface area contributed by atoms with E-state index in [0.717, 1.165) is 63.5 Å². The van der Waals surface area contributed by atoms with Gasteiger partial charge in [0, 0.05) is 31.7 Å². The molecule has 0 aromatic heterocycles. The van der Waals surface area contributed by atoms with E-state index in [0.29, 0.717) is 45.2 Å². The number of aliphatic carboxylic acids is 1. The van der Waals surface area contributed by atoms with Gasteiger partial charge >= 0.3 is 5.97 Å². The van der Waals surface area contributed by atoms with Crippen molar-refractivity contribution < 1.29 is 29.1 Å². The maximum atomic E-state index is 12.6. The maximum Gasteiger partial charge on any atom is 0.306 e. The molecule has 2 atom stereocenters. The van der Waals surface area contributed by atoms with Crippen molar-refractivity contribution in [2.24, 2.45) is 17.6 Å². The topological polar surface area (TPSA) is 168 Å². The van der Waals surface area contributed by atoms with Gasteiger partial charge in [-0.15, -0.1) is 0 Å². The molecule has 0 aromatic carbocycles. The van der Waals surface area contributed by atoms with Gasteiger partial charge in [0.15, 0.2) is 0 Å². The van der Waals surface area contributed by atoms with Crippen LogP contribution in [0.4, 0.5) is 0 Å². The van der Waals surface area contributed by atoms with Crippen molar-refractivity contribution in [1.29, 1.82) is 0 Å². The zero-order chi connectivity index (χ0) is 28.8. The average molecular weight is 539 g/mol. The third kappa shape index (κ3) is 21.2. The summed E-state index contributed by atoms with van der Waals surface area (Å²) >= 11 is 0. The zero-order valence-electron chi connectivity index (χ0n) is 23.6. The number of carboxylic acids is 1. The zero-order valence-corrected chi connectivity index (χ0v) is 23.6. The molecular formula is C28H50N4O6. The number of hydrogen-bond donors (Lipinski definition) is 5. The van der Waals surface area contributed by atoms with Gasteiger partial charge < -0.3 is 26.8 Å². The van der Waals surface area contributed by atoms with Gasteiger partial charge in [-0.3, -0.25) is 24.0 Å². The minimum Gasteiger partial charge on any atom is -0.481 e. The molecule has 0 fully saturated rings. The highest BCUT2D eigenvalue weighted by Crippen LogP contribution is 2.10. The van der Waals surface area contributed by atoms with Gasteiger partial charge in [0.1, 0.15) is 6.04 Å². The number of carbonyl (C=O) groups is 5. The Morgan fingerprint density at radius 2 is 1.26 bits per heavy atom. The smallest absolute Gasteiger partial charge is 0.306 e. The van der Waals surface area contributed by atoms with Gasteiger partial charge in [0.25, 0.3) is 0 Å². The number of nitrogens with one attached hydrogen (secondary N) is 3. The molecule has 0 rings (SSSR count). The number of amides is 4. The summed E-state index contributed by atoms with van der Waals surface area (Å²) in [6, 6.07) is -0.674. The molecule has 2 unspecified atom stereocenters. The van der Waals surface area contributed by atoms with Crippen LogP contribution in [0, 0.1) is 11.8 Å². The molecule has 6 N–H and O–H groups in total. The van der Waals surface area contributed by atoms with Crippen molar-refractivity contribution in [2.75, 3.05) is 13.1 Å². The highest BCUT2D eigenvalue weighted by atomic mass is 16.4. The fourth-order valence-corrected chi connectivity index (χ4v) is 3.86. The first kappa shape index (κ1) is 35.1. The van der Waals surface area contributed by atoms with E-state index in [1.807, 2.05) is 13.8 Å². The molecule has 218 valence electrons. The van der Waals surface area contributed by atoms with Crippen LogP contribution in [0.3, 0.4) is 0 Å². The molecule has 0 aliphatic heterocycles. The molecule has 0 aliphatic carbocycles. The summed E-state index contributed by atoms with van der Waals surface area (Å²) in [6.45, 7) is 6.54. The van der Waals surface area contributed by atoms with E-state index in [9.17, 15) is 24.0 Å². The van der Waals surface area contributed by atoms with Crippen LogP contribution in [0.25, 0.3) is 0 Å². The van der Waals surface area contributed by atoms with Crippen LogP contribution in [0.1, 0.15) is 104 Å². The van der Waals surface area contributed by atoms with Crippen molar-refractivity contribution in [1.82, 2.24) is 16.0 Å². The molecule has 0 saturated heterocycles. The van der Waals surface area contributed by atoms with Crippen LogP contribution >= 0.6 is 0 Å². The number of rotatable bonds is 23. The van der Waals surface area contributed by atoms with Crippen LogP contribution in [-0.2, 0) is 24.0 Å². The van der Waals surface area contributed by atoms with Crippen molar-refractivity contribution in [3.05, 3.63) is 12.2 Å². The number of carboxylic acid groups (broad SMARTS) is 1.